The van der Waals surface area contributed by atoms with Gasteiger partial charge in [-0.1, -0.05) is 0 Å². The molecular weight excluding hydrogens is 208 g/mol. The number of hydrogen-bond donors (Lipinski definition) is 3. The Morgan fingerprint density at radius 3 is 2.62 bits per heavy atom. The Hall–Kier alpha value is -1.72. The number of hydrogen-bond acceptors (Lipinski definition) is 4. The van der Waals surface area contributed by atoms with Crippen LogP contribution in [0.3, 0.4) is 0 Å². The average Bonchev–Trinajstić information content (AvgIpc) is 2.92. The molecule has 1 aliphatic carbocycles. The molecule has 0 atom stereocenters. The van der Waals surface area contributed by atoms with Gasteiger partial charge in [-0.2, -0.15) is 0 Å². The topological polar surface area (TPSA) is 92.9 Å². The van der Waals surface area contributed by atoms with Crippen LogP contribution in [-0.2, 0) is 6.54 Å². The number of nitrogen functional groups attached to an aromatic ring is 1. The molecule has 1 fully saturated rings. The van der Waals surface area contributed by atoms with Crippen LogP contribution in [0.2, 0.25) is 0 Å². The highest BCUT2D eigenvalue weighted by Gasteiger charge is 2.38. The van der Waals surface area contributed by atoms with Crippen LogP contribution >= 0.6 is 0 Å². The normalized spacial score (nSPS) is 17.1. The quantitative estimate of drug-likeness (QED) is 0.679. The summed E-state index contributed by atoms with van der Waals surface area (Å²) in [6.45, 7) is 4.26. The van der Waals surface area contributed by atoms with E-state index in [4.69, 9.17) is 5.73 Å². The maximum absolute atomic E-state index is 11.6. The average molecular weight is 224 g/mol. The van der Waals surface area contributed by atoms with Crippen molar-refractivity contribution in [1.82, 2.24) is 9.55 Å². The molecule has 1 aliphatic rings. The van der Waals surface area contributed by atoms with E-state index < -0.39 is 11.2 Å². The predicted molar refractivity (Wildman–Crippen MR) is 62.7 cm³/mol. The van der Waals surface area contributed by atoms with Gasteiger partial charge in [0, 0.05) is 12.1 Å². The van der Waals surface area contributed by atoms with Gasteiger partial charge in [-0.05, 0) is 26.7 Å². The molecule has 2 rings (SSSR count). The Morgan fingerprint density at radius 1 is 1.50 bits per heavy atom. The van der Waals surface area contributed by atoms with E-state index in [0.717, 1.165) is 12.8 Å². The minimum absolute atomic E-state index is 0.0446. The van der Waals surface area contributed by atoms with Gasteiger partial charge in [0.25, 0.3) is 5.56 Å². The minimum Gasteiger partial charge on any atom is -0.383 e. The zero-order valence-corrected chi connectivity index (χ0v) is 9.46. The standard InChI is InChI=1S/C10H16N4O2/c1-3-14-7(11)6(8(15)12-9(14)16)13-10(2)4-5-10/h13H,3-5,11H2,1-2H3,(H,12,15,16). The van der Waals surface area contributed by atoms with Crippen molar-refractivity contribution in [2.45, 2.75) is 38.8 Å². The number of H-pyrrole nitrogens is 1. The first-order valence-electron chi connectivity index (χ1n) is 5.37. The number of nitrogens with zero attached hydrogens (tertiary/aromatic N) is 1. The molecular formula is C10H16N4O2. The van der Waals surface area contributed by atoms with Gasteiger partial charge in [-0.15, -0.1) is 0 Å². The third-order valence-corrected chi connectivity index (χ3v) is 2.98. The Balaban J connectivity index is 2.52. The fourth-order valence-corrected chi connectivity index (χ4v) is 1.64. The van der Waals surface area contributed by atoms with Gasteiger partial charge < -0.3 is 11.1 Å². The first-order valence-corrected chi connectivity index (χ1v) is 5.37. The van der Waals surface area contributed by atoms with E-state index >= 15 is 0 Å². The number of aromatic nitrogens is 2. The molecule has 0 aromatic carbocycles. The Bertz CT molecular complexity index is 525. The van der Waals surface area contributed by atoms with Crippen LogP contribution in [0.15, 0.2) is 9.59 Å². The third-order valence-electron chi connectivity index (χ3n) is 2.98. The molecule has 88 valence electrons. The second-order valence-corrected chi connectivity index (χ2v) is 4.45. The van der Waals surface area contributed by atoms with Crippen LogP contribution < -0.4 is 22.3 Å². The van der Waals surface area contributed by atoms with Gasteiger partial charge in [0.05, 0.1) is 0 Å². The van der Waals surface area contributed by atoms with E-state index in [0.29, 0.717) is 12.2 Å². The molecule has 0 unspecified atom stereocenters. The molecule has 0 spiro atoms. The number of nitrogens with one attached hydrogen (secondary N) is 2. The van der Waals surface area contributed by atoms with Gasteiger partial charge in [-0.3, -0.25) is 14.3 Å². The Morgan fingerprint density at radius 2 is 2.12 bits per heavy atom. The summed E-state index contributed by atoms with van der Waals surface area (Å²) in [5, 5.41) is 3.10. The molecule has 6 nitrogen and oxygen atoms in total. The van der Waals surface area contributed by atoms with E-state index in [1.54, 1.807) is 6.92 Å². The minimum atomic E-state index is -0.462. The summed E-state index contributed by atoms with van der Waals surface area (Å²) < 4.78 is 1.34. The summed E-state index contributed by atoms with van der Waals surface area (Å²) in [4.78, 5) is 25.3. The highest BCUT2D eigenvalue weighted by molar-refractivity contribution is 5.62. The van der Waals surface area contributed by atoms with E-state index in [-0.39, 0.29) is 11.4 Å². The largest absolute Gasteiger partial charge is 0.383 e. The predicted octanol–water partition coefficient (Wildman–Crippen LogP) is 0.103. The van der Waals surface area contributed by atoms with Crippen molar-refractivity contribution in [2.24, 2.45) is 0 Å². The van der Waals surface area contributed by atoms with Gasteiger partial charge in [-0.25, -0.2) is 4.79 Å². The molecule has 0 saturated heterocycles. The van der Waals surface area contributed by atoms with Crippen molar-refractivity contribution in [3.05, 3.63) is 20.8 Å². The monoisotopic (exact) mass is 224 g/mol. The van der Waals surface area contributed by atoms with E-state index in [9.17, 15) is 9.59 Å². The summed E-state index contributed by atoms with van der Waals surface area (Å²) in [5.74, 6) is 0.212. The van der Waals surface area contributed by atoms with Crippen molar-refractivity contribution in [3.63, 3.8) is 0 Å². The number of anilines is 2. The lowest BCUT2D eigenvalue weighted by Crippen LogP contribution is -2.35. The molecule has 0 aliphatic heterocycles. The smallest absolute Gasteiger partial charge is 0.330 e. The first kappa shape index (κ1) is 10.8. The lowest BCUT2D eigenvalue weighted by atomic mass is 10.3. The van der Waals surface area contributed by atoms with Crippen LogP contribution in [0.1, 0.15) is 26.7 Å². The van der Waals surface area contributed by atoms with Crippen LogP contribution in [0, 0.1) is 0 Å². The maximum atomic E-state index is 11.6. The second kappa shape index (κ2) is 3.40. The van der Waals surface area contributed by atoms with Crippen molar-refractivity contribution >= 4 is 11.5 Å². The Labute approximate surface area is 92.5 Å². The fraction of sp³-hybridized carbons (Fsp3) is 0.600. The summed E-state index contributed by atoms with van der Waals surface area (Å²) in [6, 6.07) is 0. The summed E-state index contributed by atoms with van der Waals surface area (Å²) in [6.07, 6.45) is 2.02. The maximum Gasteiger partial charge on any atom is 0.330 e. The van der Waals surface area contributed by atoms with Gasteiger partial charge in [0.15, 0.2) is 0 Å². The molecule has 0 bridgehead atoms. The van der Waals surface area contributed by atoms with Crippen molar-refractivity contribution in [2.75, 3.05) is 11.1 Å². The number of nitrogens with two attached hydrogens (primary N) is 1. The highest BCUT2D eigenvalue weighted by Crippen LogP contribution is 2.38. The molecule has 1 heterocycles. The highest BCUT2D eigenvalue weighted by atomic mass is 16.2. The third kappa shape index (κ3) is 1.70. The molecule has 16 heavy (non-hydrogen) atoms. The zero-order chi connectivity index (χ0) is 11.9. The van der Waals surface area contributed by atoms with Crippen molar-refractivity contribution in [3.8, 4) is 0 Å². The van der Waals surface area contributed by atoms with Crippen LogP contribution in [0.5, 0.6) is 0 Å². The number of rotatable bonds is 3. The van der Waals surface area contributed by atoms with Crippen LogP contribution in [0.25, 0.3) is 0 Å². The van der Waals surface area contributed by atoms with Crippen molar-refractivity contribution in [1.29, 1.82) is 0 Å². The first-order chi connectivity index (χ1) is 7.47. The van der Waals surface area contributed by atoms with Gasteiger partial charge >= 0.3 is 5.69 Å². The van der Waals surface area contributed by atoms with Crippen LogP contribution in [-0.4, -0.2) is 15.1 Å². The number of aromatic amines is 1. The summed E-state index contributed by atoms with van der Waals surface area (Å²) in [7, 11) is 0. The molecule has 1 saturated carbocycles. The lowest BCUT2D eigenvalue weighted by molar-refractivity contribution is 0.701. The van der Waals surface area contributed by atoms with Gasteiger partial charge in [0.2, 0.25) is 0 Å². The summed E-state index contributed by atoms with van der Waals surface area (Å²) in [5.41, 5.74) is 5.17. The van der Waals surface area contributed by atoms with E-state index in [2.05, 4.69) is 10.3 Å². The molecule has 6 heteroatoms. The van der Waals surface area contributed by atoms with Crippen LogP contribution in [0.4, 0.5) is 11.5 Å². The zero-order valence-electron chi connectivity index (χ0n) is 9.46. The molecule has 0 amide bonds. The fourth-order valence-electron chi connectivity index (χ4n) is 1.64. The molecule has 1 aromatic rings. The lowest BCUT2D eigenvalue weighted by Gasteiger charge is -2.16. The second-order valence-electron chi connectivity index (χ2n) is 4.45. The Kier molecular flexibility index (Phi) is 2.29. The van der Waals surface area contributed by atoms with Crippen molar-refractivity contribution < 1.29 is 0 Å². The molecule has 4 N–H and O–H groups in total. The molecule has 0 radical (unpaired) electrons. The van der Waals surface area contributed by atoms with E-state index in [1.165, 1.54) is 4.57 Å². The van der Waals surface area contributed by atoms with Gasteiger partial charge in [0.1, 0.15) is 11.5 Å². The SMILES string of the molecule is CCn1c(N)c(NC2(C)CC2)c(=O)[nH]c1=O. The summed E-state index contributed by atoms with van der Waals surface area (Å²) >= 11 is 0. The molecule has 1 aromatic heterocycles. The van der Waals surface area contributed by atoms with E-state index in [1.807, 2.05) is 6.92 Å².